The van der Waals surface area contributed by atoms with Crippen molar-refractivity contribution in [2.75, 3.05) is 11.5 Å². The minimum atomic E-state index is -0.906. The zero-order chi connectivity index (χ0) is 18.4. The zero-order valence-electron chi connectivity index (χ0n) is 14.5. The molecule has 132 valence electrons. The maximum Gasteiger partial charge on any atom is 0.262 e. The summed E-state index contributed by atoms with van der Waals surface area (Å²) in [7, 11) is 0. The summed E-state index contributed by atoms with van der Waals surface area (Å²) in [6.07, 6.45) is 0. The summed E-state index contributed by atoms with van der Waals surface area (Å²) in [4.78, 5) is 41.2. The highest BCUT2D eigenvalue weighted by atomic mass is 16.5. The number of rotatable bonds is 2. The van der Waals surface area contributed by atoms with Crippen LogP contribution >= 0.6 is 0 Å². The van der Waals surface area contributed by atoms with Crippen LogP contribution in [0.15, 0.2) is 48.5 Å². The Kier molecular flexibility index (Phi) is 3.76. The number of hydrogen-bond donors (Lipinski definition) is 0. The molecule has 0 unspecified atom stereocenters. The molecule has 0 saturated carbocycles. The Hall–Kier alpha value is -3.15. The summed E-state index contributed by atoms with van der Waals surface area (Å²) in [5.74, 6) is -0.544. The summed E-state index contributed by atoms with van der Waals surface area (Å²) < 4.78 is 5.67. The first-order chi connectivity index (χ1) is 12.5. The van der Waals surface area contributed by atoms with Gasteiger partial charge in [-0.25, -0.2) is 0 Å². The minimum Gasteiger partial charge on any atom is -0.489 e. The lowest BCUT2D eigenvalue weighted by molar-refractivity contribution is -0.122. The molecule has 26 heavy (non-hydrogen) atoms. The van der Waals surface area contributed by atoms with Crippen molar-refractivity contribution >= 4 is 23.4 Å². The van der Waals surface area contributed by atoms with Gasteiger partial charge in [-0.1, -0.05) is 24.3 Å². The Morgan fingerprint density at radius 1 is 1.04 bits per heavy atom. The van der Waals surface area contributed by atoms with Gasteiger partial charge in [0.05, 0.1) is 22.9 Å². The van der Waals surface area contributed by atoms with Crippen LogP contribution in [0.4, 0.5) is 5.69 Å². The molecule has 2 aromatic carbocycles. The third-order valence-corrected chi connectivity index (χ3v) is 4.85. The molecule has 6 nitrogen and oxygen atoms in total. The van der Waals surface area contributed by atoms with E-state index in [1.165, 1.54) is 0 Å². The van der Waals surface area contributed by atoms with Crippen LogP contribution in [0.3, 0.4) is 0 Å². The Labute approximate surface area is 151 Å². The third-order valence-electron chi connectivity index (χ3n) is 4.85. The van der Waals surface area contributed by atoms with Crippen LogP contribution in [0.5, 0.6) is 5.75 Å². The molecule has 4 rings (SSSR count). The highest BCUT2D eigenvalue weighted by Gasteiger charge is 2.43. The van der Waals surface area contributed by atoms with Gasteiger partial charge in [-0.05, 0) is 38.1 Å². The second-order valence-electron chi connectivity index (χ2n) is 6.54. The van der Waals surface area contributed by atoms with Crippen molar-refractivity contribution in [3.8, 4) is 5.75 Å². The number of anilines is 1. The van der Waals surface area contributed by atoms with Gasteiger partial charge in [0, 0.05) is 0 Å². The number of carbonyl (C=O) groups is 3. The number of imide groups is 1. The van der Waals surface area contributed by atoms with Gasteiger partial charge in [-0.3, -0.25) is 19.3 Å². The van der Waals surface area contributed by atoms with Crippen molar-refractivity contribution in [2.45, 2.75) is 25.9 Å². The molecule has 0 fully saturated rings. The van der Waals surface area contributed by atoms with E-state index in [2.05, 4.69) is 0 Å². The molecule has 0 aliphatic carbocycles. The van der Waals surface area contributed by atoms with Gasteiger partial charge in [0.25, 0.3) is 17.7 Å². The number of nitrogens with zero attached hydrogens (tertiary/aromatic N) is 2. The summed E-state index contributed by atoms with van der Waals surface area (Å²) in [6.45, 7) is 3.83. The molecule has 0 spiro atoms. The molecule has 0 N–H and O–H groups in total. The monoisotopic (exact) mass is 350 g/mol. The van der Waals surface area contributed by atoms with E-state index in [4.69, 9.17) is 4.74 Å². The third kappa shape index (κ3) is 2.29. The largest absolute Gasteiger partial charge is 0.489 e. The topological polar surface area (TPSA) is 66.9 Å². The Morgan fingerprint density at radius 2 is 1.62 bits per heavy atom. The molecule has 2 heterocycles. The fraction of sp³-hybridized carbons (Fsp3) is 0.250. The van der Waals surface area contributed by atoms with E-state index >= 15 is 0 Å². The quantitative estimate of drug-likeness (QED) is 0.781. The Morgan fingerprint density at radius 3 is 2.27 bits per heavy atom. The Balaban J connectivity index is 1.68. The predicted molar refractivity (Wildman–Crippen MR) is 95.3 cm³/mol. The van der Waals surface area contributed by atoms with Gasteiger partial charge in [-0.2, -0.15) is 0 Å². The summed E-state index contributed by atoms with van der Waals surface area (Å²) in [5.41, 5.74) is 1.33. The van der Waals surface area contributed by atoms with E-state index in [1.54, 1.807) is 48.2 Å². The van der Waals surface area contributed by atoms with Crippen molar-refractivity contribution < 1.29 is 19.1 Å². The molecular formula is C20H18N2O4. The fourth-order valence-corrected chi connectivity index (χ4v) is 3.51. The molecule has 2 atom stereocenters. The Bertz CT molecular complexity index is 889. The maximum absolute atomic E-state index is 13.2. The molecule has 2 aliphatic heterocycles. The number of ether oxygens (including phenoxy) is 1. The van der Waals surface area contributed by atoms with E-state index < -0.39 is 17.9 Å². The van der Waals surface area contributed by atoms with Crippen LogP contribution in [-0.4, -0.2) is 41.3 Å². The van der Waals surface area contributed by atoms with Crippen LogP contribution < -0.4 is 9.64 Å². The lowest BCUT2D eigenvalue weighted by Crippen LogP contribution is -2.54. The van der Waals surface area contributed by atoms with Crippen LogP contribution in [0.2, 0.25) is 0 Å². The normalized spacial score (nSPS) is 19.7. The summed E-state index contributed by atoms with van der Waals surface area (Å²) >= 11 is 0. The first-order valence-corrected chi connectivity index (χ1v) is 8.52. The zero-order valence-corrected chi connectivity index (χ0v) is 14.5. The van der Waals surface area contributed by atoms with Crippen LogP contribution in [0.25, 0.3) is 0 Å². The van der Waals surface area contributed by atoms with E-state index in [9.17, 15) is 14.4 Å². The summed E-state index contributed by atoms with van der Waals surface area (Å²) in [6, 6.07) is 12.8. The van der Waals surface area contributed by atoms with Crippen LogP contribution in [-0.2, 0) is 4.79 Å². The number of para-hydroxylation sites is 2. The molecule has 2 aromatic rings. The average molecular weight is 350 g/mol. The SMILES string of the molecule is C[C@@H](C(=O)N1c2ccccc2OC[C@@H]1C)N1C(=O)c2ccccc2C1=O. The van der Waals surface area contributed by atoms with E-state index in [1.807, 2.05) is 19.1 Å². The van der Waals surface area contributed by atoms with E-state index in [-0.39, 0.29) is 11.9 Å². The second kappa shape index (κ2) is 5.98. The average Bonchev–Trinajstić information content (AvgIpc) is 2.91. The lowest BCUT2D eigenvalue weighted by atomic mass is 10.1. The highest BCUT2D eigenvalue weighted by Crippen LogP contribution is 2.35. The lowest BCUT2D eigenvalue weighted by Gasteiger charge is -2.37. The fourth-order valence-electron chi connectivity index (χ4n) is 3.51. The second-order valence-corrected chi connectivity index (χ2v) is 6.54. The smallest absolute Gasteiger partial charge is 0.262 e. The van der Waals surface area contributed by atoms with Gasteiger partial charge in [-0.15, -0.1) is 0 Å². The number of fused-ring (bicyclic) bond motifs is 2. The number of carbonyl (C=O) groups excluding carboxylic acids is 3. The molecule has 0 bridgehead atoms. The van der Waals surface area contributed by atoms with Gasteiger partial charge in [0.15, 0.2) is 0 Å². The summed E-state index contributed by atoms with van der Waals surface area (Å²) in [5, 5.41) is 0. The molecular weight excluding hydrogens is 332 g/mol. The first kappa shape index (κ1) is 16.3. The van der Waals surface area contributed by atoms with E-state index in [0.717, 1.165) is 4.90 Å². The highest BCUT2D eigenvalue weighted by molar-refractivity contribution is 6.23. The van der Waals surface area contributed by atoms with Gasteiger partial charge >= 0.3 is 0 Å². The molecule has 0 aromatic heterocycles. The standard InChI is InChI=1S/C20H18N2O4/c1-12-11-26-17-10-6-5-9-16(17)21(12)18(23)13(2)22-19(24)14-7-3-4-8-15(14)20(22)25/h3-10,12-13H,11H2,1-2H3/t12-,13-/m0/s1. The van der Waals surface area contributed by atoms with Crippen LogP contribution in [0.1, 0.15) is 34.6 Å². The van der Waals surface area contributed by atoms with Crippen molar-refractivity contribution in [2.24, 2.45) is 0 Å². The molecule has 0 saturated heterocycles. The number of amides is 3. The molecule has 3 amide bonds. The number of benzene rings is 2. The number of hydrogen-bond acceptors (Lipinski definition) is 4. The van der Waals surface area contributed by atoms with Gasteiger partial charge in [0.1, 0.15) is 18.4 Å². The van der Waals surface area contributed by atoms with Crippen molar-refractivity contribution in [1.29, 1.82) is 0 Å². The van der Waals surface area contributed by atoms with Crippen molar-refractivity contribution in [3.63, 3.8) is 0 Å². The predicted octanol–water partition coefficient (Wildman–Crippen LogP) is 2.49. The minimum absolute atomic E-state index is 0.199. The van der Waals surface area contributed by atoms with Crippen molar-refractivity contribution in [3.05, 3.63) is 59.7 Å². The first-order valence-electron chi connectivity index (χ1n) is 8.52. The molecule has 2 aliphatic rings. The molecule has 6 heteroatoms. The van der Waals surface area contributed by atoms with E-state index in [0.29, 0.717) is 29.2 Å². The molecule has 0 radical (unpaired) electrons. The van der Waals surface area contributed by atoms with Crippen LogP contribution in [0, 0.1) is 0 Å². The maximum atomic E-state index is 13.2. The van der Waals surface area contributed by atoms with Gasteiger partial charge < -0.3 is 9.64 Å². The van der Waals surface area contributed by atoms with Crippen molar-refractivity contribution in [1.82, 2.24) is 4.90 Å². The van der Waals surface area contributed by atoms with Gasteiger partial charge in [0.2, 0.25) is 0 Å².